The zero-order valence-corrected chi connectivity index (χ0v) is 14.2. The molecule has 1 aliphatic rings. The molecule has 0 fully saturated rings. The van der Waals surface area contributed by atoms with Gasteiger partial charge < -0.3 is 15.3 Å². The number of rotatable bonds is 5. The number of hydrogen-bond donors (Lipinski definition) is 2. The van der Waals surface area contributed by atoms with Crippen LogP contribution in [0, 0.1) is 0 Å². The van der Waals surface area contributed by atoms with Gasteiger partial charge in [-0.1, -0.05) is 48.5 Å². The number of carbonyl (C=O) groups is 2. The lowest BCUT2D eigenvalue weighted by Gasteiger charge is -2.33. The van der Waals surface area contributed by atoms with Crippen molar-refractivity contribution in [3.8, 4) is 0 Å². The van der Waals surface area contributed by atoms with Crippen molar-refractivity contribution >= 4 is 11.8 Å². The molecule has 2 N–H and O–H groups in total. The molecule has 2 aromatic carbocycles. The van der Waals surface area contributed by atoms with Gasteiger partial charge in [0.25, 0.3) is 5.91 Å². The van der Waals surface area contributed by atoms with Gasteiger partial charge in [-0.25, -0.2) is 0 Å². The number of hydrogen-bond acceptors (Lipinski definition) is 3. The summed E-state index contributed by atoms with van der Waals surface area (Å²) in [6.07, 6.45) is 1.03. The summed E-state index contributed by atoms with van der Waals surface area (Å²) < 4.78 is 0. The molecule has 0 aliphatic carbocycles. The van der Waals surface area contributed by atoms with Gasteiger partial charge in [-0.05, 0) is 23.6 Å². The van der Waals surface area contributed by atoms with Gasteiger partial charge in [0.1, 0.15) is 6.04 Å². The molecule has 0 unspecified atom stereocenters. The van der Waals surface area contributed by atoms with Crippen LogP contribution in [0.15, 0.2) is 54.6 Å². The van der Waals surface area contributed by atoms with E-state index in [9.17, 15) is 14.7 Å². The van der Waals surface area contributed by atoms with Crippen LogP contribution in [0.3, 0.4) is 0 Å². The monoisotopic (exact) mass is 338 g/mol. The Morgan fingerprint density at radius 2 is 1.88 bits per heavy atom. The molecule has 3 rings (SSSR count). The number of likely N-dealkylation sites (N-methyl/N-ethyl adjacent to an activating group) is 1. The first-order valence-corrected chi connectivity index (χ1v) is 8.40. The maximum Gasteiger partial charge on any atom is 0.254 e. The van der Waals surface area contributed by atoms with Gasteiger partial charge in [0.2, 0.25) is 5.91 Å². The predicted molar refractivity (Wildman–Crippen MR) is 95.2 cm³/mol. The second-order valence-electron chi connectivity index (χ2n) is 6.37. The first kappa shape index (κ1) is 17.2. The van der Waals surface area contributed by atoms with E-state index in [2.05, 4.69) is 5.32 Å². The molecule has 0 aromatic heterocycles. The lowest BCUT2D eigenvalue weighted by molar-refractivity contribution is -0.126. The summed E-state index contributed by atoms with van der Waals surface area (Å²) >= 11 is 0. The fourth-order valence-corrected chi connectivity index (χ4v) is 3.21. The molecular weight excluding hydrogens is 316 g/mol. The van der Waals surface area contributed by atoms with Crippen LogP contribution >= 0.6 is 0 Å². The highest BCUT2D eigenvalue weighted by Gasteiger charge is 2.34. The molecule has 0 saturated heterocycles. The Balaban J connectivity index is 1.71. The average Bonchev–Trinajstić information content (AvgIpc) is 2.64. The van der Waals surface area contributed by atoms with E-state index in [1.165, 1.54) is 4.90 Å². The normalized spacial score (nSPS) is 17.8. The highest BCUT2D eigenvalue weighted by Crippen LogP contribution is 2.22. The van der Waals surface area contributed by atoms with Gasteiger partial charge in [-0.3, -0.25) is 9.59 Å². The van der Waals surface area contributed by atoms with E-state index in [4.69, 9.17) is 0 Å². The Morgan fingerprint density at radius 3 is 2.60 bits per heavy atom. The third kappa shape index (κ3) is 3.72. The minimum Gasteiger partial charge on any atom is -0.394 e. The van der Waals surface area contributed by atoms with E-state index in [1.54, 1.807) is 13.1 Å². The molecule has 25 heavy (non-hydrogen) atoms. The number of nitrogens with one attached hydrogen (secondary N) is 1. The van der Waals surface area contributed by atoms with E-state index < -0.39 is 6.04 Å². The first-order chi connectivity index (χ1) is 12.1. The lowest BCUT2D eigenvalue weighted by Crippen LogP contribution is -2.54. The van der Waals surface area contributed by atoms with Crippen molar-refractivity contribution in [2.24, 2.45) is 0 Å². The van der Waals surface area contributed by atoms with E-state index in [0.717, 1.165) is 11.1 Å². The molecule has 0 radical (unpaired) electrons. The maximum absolute atomic E-state index is 12.7. The average molecular weight is 338 g/mol. The van der Waals surface area contributed by atoms with E-state index in [0.29, 0.717) is 18.4 Å². The van der Waals surface area contributed by atoms with E-state index >= 15 is 0 Å². The van der Waals surface area contributed by atoms with Crippen molar-refractivity contribution in [1.29, 1.82) is 0 Å². The van der Waals surface area contributed by atoms with Crippen LogP contribution in [-0.4, -0.2) is 47.6 Å². The van der Waals surface area contributed by atoms with Gasteiger partial charge in [0, 0.05) is 19.0 Å². The van der Waals surface area contributed by atoms with Gasteiger partial charge in [-0.2, -0.15) is 0 Å². The summed E-state index contributed by atoms with van der Waals surface area (Å²) in [7, 11) is 1.65. The Bertz CT molecular complexity index is 761. The largest absolute Gasteiger partial charge is 0.394 e. The number of aliphatic hydroxyl groups excluding tert-OH is 1. The van der Waals surface area contributed by atoms with E-state index in [-0.39, 0.29) is 24.5 Å². The Labute approximate surface area is 147 Å². The molecule has 0 spiro atoms. The van der Waals surface area contributed by atoms with Crippen molar-refractivity contribution in [2.45, 2.75) is 24.9 Å². The molecule has 2 aromatic rings. The highest BCUT2D eigenvalue weighted by atomic mass is 16.3. The number of benzene rings is 2. The first-order valence-electron chi connectivity index (χ1n) is 8.40. The van der Waals surface area contributed by atoms with Crippen LogP contribution < -0.4 is 5.32 Å². The minimum absolute atomic E-state index is 0.148. The fraction of sp³-hybridized carbons (Fsp3) is 0.300. The summed E-state index contributed by atoms with van der Waals surface area (Å²) in [5.74, 6) is -0.383. The summed E-state index contributed by atoms with van der Waals surface area (Å²) in [4.78, 5) is 26.7. The molecule has 2 atom stereocenters. The van der Waals surface area contributed by atoms with Crippen LogP contribution in [0.4, 0.5) is 0 Å². The molecule has 1 heterocycles. The molecule has 5 nitrogen and oxygen atoms in total. The van der Waals surface area contributed by atoms with Gasteiger partial charge >= 0.3 is 0 Å². The smallest absolute Gasteiger partial charge is 0.254 e. The zero-order chi connectivity index (χ0) is 17.8. The molecular formula is C20H22N2O3. The standard InChI is InChI=1S/C20H22N2O3/c1-22-18(12-15-9-5-6-10-17(15)20(22)25)19(24)21-16(13-23)11-14-7-3-2-4-8-14/h2-10,16,18,23H,11-13H2,1H3,(H,21,24)/t16-,18+/m0/s1. The number of amides is 2. The van der Waals surface area contributed by atoms with Crippen LogP contribution in [0.1, 0.15) is 21.5 Å². The predicted octanol–water partition coefficient (Wildman–Crippen LogP) is 1.40. The van der Waals surface area contributed by atoms with Gasteiger partial charge in [-0.15, -0.1) is 0 Å². The Morgan fingerprint density at radius 1 is 1.20 bits per heavy atom. The van der Waals surface area contributed by atoms with Crippen LogP contribution in [0.25, 0.3) is 0 Å². The van der Waals surface area contributed by atoms with Crippen molar-refractivity contribution in [3.63, 3.8) is 0 Å². The van der Waals surface area contributed by atoms with Crippen LogP contribution in [-0.2, 0) is 17.6 Å². The van der Waals surface area contributed by atoms with Crippen molar-refractivity contribution in [2.75, 3.05) is 13.7 Å². The number of carbonyl (C=O) groups excluding carboxylic acids is 2. The van der Waals surface area contributed by atoms with Gasteiger partial charge in [0.05, 0.1) is 12.6 Å². The number of fused-ring (bicyclic) bond motifs is 1. The molecule has 0 bridgehead atoms. The second-order valence-corrected chi connectivity index (χ2v) is 6.37. The number of aliphatic hydroxyl groups is 1. The van der Waals surface area contributed by atoms with Crippen LogP contribution in [0.5, 0.6) is 0 Å². The van der Waals surface area contributed by atoms with Crippen LogP contribution in [0.2, 0.25) is 0 Å². The third-order valence-corrected chi connectivity index (χ3v) is 4.64. The molecule has 0 saturated carbocycles. The summed E-state index contributed by atoms with van der Waals surface area (Å²) in [6, 6.07) is 16.1. The minimum atomic E-state index is -0.563. The quantitative estimate of drug-likeness (QED) is 0.866. The maximum atomic E-state index is 12.7. The second kappa shape index (κ2) is 7.49. The zero-order valence-electron chi connectivity index (χ0n) is 14.2. The van der Waals surface area contributed by atoms with Gasteiger partial charge in [0.15, 0.2) is 0 Å². The van der Waals surface area contributed by atoms with Crippen molar-refractivity contribution in [1.82, 2.24) is 10.2 Å². The highest BCUT2D eigenvalue weighted by molar-refractivity contribution is 6.00. The molecule has 1 aliphatic heterocycles. The van der Waals surface area contributed by atoms with Crippen molar-refractivity contribution in [3.05, 3.63) is 71.3 Å². The Kier molecular flexibility index (Phi) is 5.14. The SMILES string of the molecule is CN1C(=O)c2ccccc2C[C@@H]1C(=O)N[C@H](CO)Cc1ccccc1. The third-order valence-electron chi connectivity index (χ3n) is 4.64. The summed E-state index contributed by atoms with van der Waals surface area (Å²) in [5, 5.41) is 12.5. The lowest BCUT2D eigenvalue weighted by atomic mass is 9.93. The molecule has 130 valence electrons. The summed E-state index contributed by atoms with van der Waals surface area (Å²) in [6.45, 7) is -0.151. The summed E-state index contributed by atoms with van der Waals surface area (Å²) in [5.41, 5.74) is 2.58. The van der Waals surface area contributed by atoms with E-state index in [1.807, 2.05) is 48.5 Å². The van der Waals surface area contributed by atoms with Crippen molar-refractivity contribution < 1.29 is 14.7 Å². The number of nitrogens with zero attached hydrogens (tertiary/aromatic N) is 1. The Hall–Kier alpha value is -2.66. The topological polar surface area (TPSA) is 69.6 Å². The fourth-order valence-electron chi connectivity index (χ4n) is 3.21. The molecule has 2 amide bonds. The molecule has 5 heteroatoms.